The summed E-state index contributed by atoms with van der Waals surface area (Å²) in [6.45, 7) is 6.66. The first-order chi connectivity index (χ1) is 34.5. The van der Waals surface area contributed by atoms with E-state index in [4.69, 9.17) is 14.2 Å². The van der Waals surface area contributed by atoms with Crippen LogP contribution >= 0.6 is 0 Å². The van der Waals surface area contributed by atoms with E-state index in [2.05, 4.69) is 57.2 Å². The molecule has 6 nitrogen and oxygen atoms in total. The zero-order valence-corrected chi connectivity index (χ0v) is 47.1. The van der Waals surface area contributed by atoms with E-state index in [-0.39, 0.29) is 31.1 Å². The van der Waals surface area contributed by atoms with Crippen LogP contribution in [0.1, 0.15) is 335 Å². The van der Waals surface area contributed by atoms with Crippen molar-refractivity contribution < 1.29 is 28.6 Å². The van der Waals surface area contributed by atoms with Crippen molar-refractivity contribution in [2.75, 3.05) is 13.2 Å². The number of unbranched alkanes of at least 4 members (excludes halogenated alkanes) is 40. The fourth-order valence-electron chi connectivity index (χ4n) is 9.18. The zero-order chi connectivity index (χ0) is 50.7. The fourth-order valence-corrected chi connectivity index (χ4v) is 9.18. The third kappa shape index (κ3) is 56.5. The van der Waals surface area contributed by atoms with Gasteiger partial charge in [0, 0.05) is 19.3 Å². The van der Waals surface area contributed by atoms with Crippen molar-refractivity contribution in [3.8, 4) is 0 Å². The van der Waals surface area contributed by atoms with Gasteiger partial charge in [-0.05, 0) is 77.0 Å². The summed E-state index contributed by atoms with van der Waals surface area (Å²) in [4.78, 5) is 38.2. The second kappa shape index (κ2) is 59.2. The summed E-state index contributed by atoms with van der Waals surface area (Å²) in [6, 6.07) is 0. The maximum absolute atomic E-state index is 12.9. The second-order valence-corrected chi connectivity index (χ2v) is 21.0. The molecule has 0 saturated heterocycles. The molecule has 0 bridgehead atoms. The van der Waals surface area contributed by atoms with Gasteiger partial charge in [-0.2, -0.15) is 0 Å². The Morgan fingerprint density at radius 2 is 0.514 bits per heavy atom. The van der Waals surface area contributed by atoms with E-state index in [0.29, 0.717) is 19.3 Å². The predicted octanol–water partition coefficient (Wildman–Crippen LogP) is 20.8. The van der Waals surface area contributed by atoms with Crippen LogP contribution in [0.4, 0.5) is 0 Å². The normalized spacial score (nSPS) is 12.2. The highest BCUT2D eigenvalue weighted by Gasteiger charge is 2.19. The summed E-state index contributed by atoms with van der Waals surface area (Å²) in [5.41, 5.74) is 0. The van der Waals surface area contributed by atoms with Crippen molar-refractivity contribution >= 4 is 17.9 Å². The number of ether oxygens (including phenoxy) is 3. The van der Waals surface area contributed by atoms with E-state index in [1.165, 1.54) is 225 Å². The first-order valence-corrected chi connectivity index (χ1v) is 31.0. The standard InChI is InChI=1S/C64H118O6/c1-4-7-10-13-16-19-22-24-26-28-30-31-32-33-34-36-37-39-42-45-48-51-54-57-63(66)69-60-61(59-68-62(65)56-53-50-47-44-41-21-18-15-12-9-6-3)70-64(67)58-55-52-49-46-43-40-38-35-29-27-25-23-20-17-14-11-8-5-2/h20,23,27-30,61H,4-19,21-22,24-26,31-60H2,1-3H3/b23-20-,29-27-,30-28-. The van der Waals surface area contributed by atoms with Crippen LogP contribution in [-0.4, -0.2) is 37.2 Å². The summed E-state index contributed by atoms with van der Waals surface area (Å²) in [5.74, 6) is -0.862. The van der Waals surface area contributed by atoms with Gasteiger partial charge in [0.25, 0.3) is 0 Å². The van der Waals surface area contributed by atoms with Crippen molar-refractivity contribution in [1.29, 1.82) is 0 Å². The molecule has 0 heterocycles. The number of esters is 3. The van der Waals surface area contributed by atoms with Gasteiger partial charge in [-0.1, -0.05) is 276 Å². The maximum Gasteiger partial charge on any atom is 0.306 e. The molecule has 0 saturated carbocycles. The van der Waals surface area contributed by atoms with Gasteiger partial charge in [0.1, 0.15) is 13.2 Å². The van der Waals surface area contributed by atoms with Crippen LogP contribution in [0.25, 0.3) is 0 Å². The zero-order valence-electron chi connectivity index (χ0n) is 47.1. The van der Waals surface area contributed by atoms with Gasteiger partial charge < -0.3 is 14.2 Å². The number of allylic oxidation sites excluding steroid dienone is 6. The smallest absolute Gasteiger partial charge is 0.306 e. The molecule has 0 aromatic carbocycles. The Hall–Kier alpha value is -2.37. The van der Waals surface area contributed by atoms with Gasteiger partial charge in [-0.3, -0.25) is 14.4 Å². The molecular formula is C64H118O6. The molecule has 0 aliphatic rings. The number of rotatable bonds is 57. The average molecular weight is 984 g/mol. The lowest BCUT2D eigenvalue weighted by atomic mass is 10.0. The van der Waals surface area contributed by atoms with E-state index in [0.717, 1.165) is 70.6 Å². The minimum Gasteiger partial charge on any atom is -0.462 e. The molecule has 0 amide bonds. The molecule has 0 aromatic heterocycles. The molecule has 0 fully saturated rings. The highest BCUT2D eigenvalue weighted by atomic mass is 16.6. The van der Waals surface area contributed by atoms with Crippen LogP contribution in [0.2, 0.25) is 0 Å². The molecule has 0 aliphatic carbocycles. The molecule has 6 heteroatoms. The summed E-state index contributed by atoms with van der Waals surface area (Å²) in [5, 5.41) is 0. The van der Waals surface area contributed by atoms with Gasteiger partial charge in [0.2, 0.25) is 0 Å². The average Bonchev–Trinajstić information content (AvgIpc) is 3.36. The highest BCUT2D eigenvalue weighted by Crippen LogP contribution is 2.17. The lowest BCUT2D eigenvalue weighted by molar-refractivity contribution is -0.167. The number of hydrogen-bond acceptors (Lipinski definition) is 6. The molecule has 0 radical (unpaired) electrons. The maximum atomic E-state index is 12.9. The Morgan fingerprint density at radius 3 is 0.814 bits per heavy atom. The molecule has 0 spiro atoms. The third-order valence-electron chi connectivity index (χ3n) is 13.9. The van der Waals surface area contributed by atoms with E-state index < -0.39 is 6.10 Å². The Kier molecular flexibility index (Phi) is 57.2. The van der Waals surface area contributed by atoms with Crippen molar-refractivity contribution in [3.63, 3.8) is 0 Å². The lowest BCUT2D eigenvalue weighted by Crippen LogP contribution is -2.30. The highest BCUT2D eigenvalue weighted by molar-refractivity contribution is 5.71. The topological polar surface area (TPSA) is 78.9 Å². The molecule has 0 aromatic rings. The number of carbonyl (C=O) groups is 3. The van der Waals surface area contributed by atoms with E-state index in [1.54, 1.807) is 0 Å². The van der Waals surface area contributed by atoms with E-state index >= 15 is 0 Å². The van der Waals surface area contributed by atoms with Crippen LogP contribution in [0, 0.1) is 0 Å². The van der Waals surface area contributed by atoms with Gasteiger partial charge in [0.05, 0.1) is 0 Å². The van der Waals surface area contributed by atoms with Crippen molar-refractivity contribution in [2.24, 2.45) is 0 Å². The Bertz CT molecular complexity index is 1170. The summed E-state index contributed by atoms with van der Waals surface area (Å²) in [6.07, 6.45) is 71.5. The molecular weight excluding hydrogens is 865 g/mol. The molecule has 70 heavy (non-hydrogen) atoms. The van der Waals surface area contributed by atoms with Crippen LogP contribution in [0.15, 0.2) is 36.5 Å². The third-order valence-corrected chi connectivity index (χ3v) is 13.9. The molecule has 0 N–H and O–H groups in total. The molecule has 1 atom stereocenters. The number of carbonyl (C=O) groups excluding carboxylic acids is 3. The summed E-state index contributed by atoms with van der Waals surface area (Å²) < 4.78 is 16.9. The Morgan fingerprint density at radius 1 is 0.286 bits per heavy atom. The fraction of sp³-hybridized carbons (Fsp3) is 0.859. The SMILES string of the molecule is CCCCCC/C=C\C/C=C\CCCCCCCCCC(=O)OC(COC(=O)CCCCCCCCCCCCC)COC(=O)CCCCCCCCCCCCC/C=C\CCCCCCCCCC. The quantitative estimate of drug-likeness (QED) is 0.0261. The summed E-state index contributed by atoms with van der Waals surface area (Å²) in [7, 11) is 0. The lowest BCUT2D eigenvalue weighted by Gasteiger charge is -2.18. The monoisotopic (exact) mass is 983 g/mol. The van der Waals surface area contributed by atoms with E-state index in [1.807, 2.05) is 0 Å². The van der Waals surface area contributed by atoms with Gasteiger partial charge in [-0.15, -0.1) is 0 Å². The summed E-state index contributed by atoms with van der Waals surface area (Å²) >= 11 is 0. The second-order valence-electron chi connectivity index (χ2n) is 21.0. The van der Waals surface area contributed by atoms with Crippen LogP contribution < -0.4 is 0 Å². The Labute approximate surface area is 435 Å². The van der Waals surface area contributed by atoms with Crippen LogP contribution in [0.3, 0.4) is 0 Å². The van der Waals surface area contributed by atoms with Crippen LogP contribution in [-0.2, 0) is 28.6 Å². The van der Waals surface area contributed by atoms with Gasteiger partial charge >= 0.3 is 17.9 Å². The van der Waals surface area contributed by atoms with Gasteiger partial charge in [0.15, 0.2) is 6.10 Å². The minimum absolute atomic E-state index is 0.0717. The molecule has 0 rings (SSSR count). The van der Waals surface area contributed by atoms with Crippen molar-refractivity contribution in [3.05, 3.63) is 36.5 Å². The van der Waals surface area contributed by atoms with Crippen molar-refractivity contribution in [1.82, 2.24) is 0 Å². The van der Waals surface area contributed by atoms with Crippen molar-refractivity contribution in [2.45, 2.75) is 341 Å². The molecule has 0 aliphatic heterocycles. The predicted molar refractivity (Wildman–Crippen MR) is 302 cm³/mol. The van der Waals surface area contributed by atoms with E-state index in [9.17, 15) is 14.4 Å². The molecule has 1 unspecified atom stereocenters. The number of hydrogen-bond donors (Lipinski definition) is 0. The first kappa shape index (κ1) is 67.6. The van der Waals surface area contributed by atoms with Gasteiger partial charge in [-0.25, -0.2) is 0 Å². The largest absolute Gasteiger partial charge is 0.462 e. The minimum atomic E-state index is -0.774. The first-order valence-electron chi connectivity index (χ1n) is 31.0. The molecule has 410 valence electrons. The Balaban J connectivity index is 4.25. The van der Waals surface area contributed by atoms with Crippen LogP contribution in [0.5, 0.6) is 0 Å².